The lowest BCUT2D eigenvalue weighted by Crippen LogP contribution is -2.12. The summed E-state index contributed by atoms with van der Waals surface area (Å²) in [6.07, 6.45) is 4.01. The van der Waals surface area contributed by atoms with Crippen molar-refractivity contribution in [2.45, 2.75) is 39.0 Å². The average molecular weight is 260 g/mol. The normalized spacial score (nSPS) is 9.58. The quantitative estimate of drug-likeness (QED) is 0.609. The van der Waals surface area contributed by atoms with Crippen molar-refractivity contribution < 1.29 is 9.90 Å². The van der Waals surface area contributed by atoms with Crippen molar-refractivity contribution in [3.8, 4) is 11.8 Å². The maximum absolute atomic E-state index is 11.6. The summed E-state index contributed by atoms with van der Waals surface area (Å²) < 4.78 is 0. The molecule has 0 atom stereocenters. The highest BCUT2D eigenvalue weighted by molar-refractivity contribution is 5.89. The van der Waals surface area contributed by atoms with Crippen LogP contribution in [0.3, 0.4) is 0 Å². The Labute approximate surface area is 114 Å². The number of hydrogen-bond donors (Lipinski definition) is 2. The van der Waals surface area contributed by atoms with Crippen molar-refractivity contribution in [2.75, 3.05) is 11.9 Å². The summed E-state index contributed by atoms with van der Waals surface area (Å²) in [6, 6.07) is 5.32. The Hall–Kier alpha value is -1.86. The van der Waals surface area contributed by atoms with Crippen LogP contribution < -0.4 is 5.32 Å². The molecule has 1 heterocycles. The Bertz CT molecular complexity index is 461. The van der Waals surface area contributed by atoms with Gasteiger partial charge in [-0.2, -0.15) is 0 Å². The van der Waals surface area contributed by atoms with Crippen LogP contribution in [0.4, 0.5) is 5.82 Å². The van der Waals surface area contributed by atoms with Crippen LogP contribution in [0.25, 0.3) is 0 Å². The molecular formula is C15H20N2O2. The second-order valence-electron chi connectivity index (χ2n) is 4.19. The molecule has 2 N–H and O–H groups in total. The number of aliphatic hydroxyl groups is 1. The summed E-state index contributed by atoms with van der Waals surface area (Å²) in [4.78, 5) is 15.9. The molecule has 102 valence electrons. The van der Waals surface area contributed by atoms with Gasteiger partial charge in [-0.25, -0.2) is 4.98 Å². The van der Waals surface area contributed by atoms with Crippen molar-refractivity contribution in [2.24, 2.45) is 0 Å². The van der Waals surface area contributed by atoms with Crippen molar-refractivity contribution in [1.29, 1.82) is 0 Å². The fourth-order valence-corrected chi connectivity index (χ4v) is 1.52. The Balaban J connectivity index is 2.52. The number of aliphatic hydroxyl groups excluding tert-OH is 1. The molecule has 0 aliphatic carbocycles. The molecule has 0 saturated heterocycles. The highest BCUT2D eigenvalue weighted by Crippen LogP contribution is 2.06. The smallest absolute Gasteiger partial charge is 0.225 e. The molecule has 0 bridgehead atoms. The molecule has 1 rings (SSSR count). The highest BCUT2D eigenvalue weighted by Gasteiger charge is 2.02. The fourth-order valence-electron chi connectivity index (χ4n) is 1.52. The lowest BCUT2D eigenvalue weighted by atomic mass is 10.2. The molecule has 1 aromatic rings. The zero-order chi connectivity index (χ0) is 13.9. The minimum absolute atomic E-state index is 0.0126. The minimum atomic E-state index is -0.0126. The second-order valence-corrected chi connectivity index (χ2v) is 4.19. The van der Waals surface area contributed by atoms with E-state index in [1.807, 2.05) is 0 Å². The molecule has 0 aliphatic rings. The van der Waals surface area contributed by atoms with Gasteiger partial charge in [0, 0.05) is 12.8 Å². The first-order chi connectivity index (χ1) is 9.26. The van der Waals surface area contributed by atoms with E-state index in [2.05, 4.69) is 29.1 Å². The number of rotatable bonds is 6. The Morgan fingerprint density at radius 1 is 1.42 bits per heavy atom. The Kier molecular flexibility index (Phi) is 7.30. The van der Waals surface area contributed by atoms with E-state index in [1.165, 1.54) is 0 Å². The van der Waals surface area contributed by atoms with Gasteiger partial charge in [-0.05, 0) is 24.5 Å². The molecule has 0 radical (unpaired) electrons. The van der Waals surface area contributed by atoms with Gasteiger partial charge in [0.1, 0.15) is 11.5 Å². The second kappa shape index (κ2) is 9.12. The topological polar surface area (TPSA) is 62.2 Å². The van der Waals surface area contributed by atoms with Crippen LogP contribution >= 0.6 is 0 Å². The molecule has 4 heteroatoms. The number of carbonyl (C=O) groups excluding carboxylic acids is 1. The van der Waals surface area contributed by atoms with Gasteiger partial charge in [0.15, 0.2) is 0 Å². The number of nitrogens with zero attached hydrogens (tertiary/aromatic N) is 1. The summed E-state index contributed by atoms with van der Waals surface area (Å²) in [5.41, 5.74) is 0.597. The maximum atomic E-state index is 11.6. The molecule has 0 aliphatic heterocycles. The first kappa shape index (κ1) is 15.2. The molecule has 0 saturated carbocycles. The van der Waals surface area contributed by atoms with Crippen LogP contribution in [0.2, 0.25) is 0 Å². The number of hydrogen-bond acceptors (Lipinski definition) is 3. The van der Waals surface area contributed by atoms with Crippen LogP contribution in [0, 0.1) is 11.8 Å². The van der Waals surface area contributed by atoms with Crippen LogP contribution in [-0.2, 0) is 4.79 Å². The van der Waals surface area contributed by atoms with E-state index in [1.54, 1.807) is 18.2 Å². The molecule has 0 fully saturated rings. The third kappa shape index (κ3) is 6.58. The number of anilines is 1. The van der Waals surface area contributed by atoms with E-state index in [-0.39, 0.29) is 12.5 Å². The van der Waals surface area contributed by atoms with Gasteiger partial charge in [0.25, 0.3) is 0 Å². The molecular weight excluding hydrogens is 240 g/mol. The largest absolute Gasteiger partial charge is 0.395 e. The van der Waals surface area contributed by atoms with Crippen LogP contribution in [0.1, 0.15) is 44.7 Å². The SMILES string of the molecule is CCCCCC(=O)Nc1cccc(C#CCCO)n1. The van der Waals surface area contributed by atoms with Gasteiger partial charge in [-0.15, -0.1) is 0 Å². The van der Waals surface area contributed by atoms with Crippen molar-refractivity contribution in [3.05, 3.63) is 23.9 Å². The number of carbonyl (C=O) groups is 1. The monoisotopic (exact) mass is 260 g/mol. The average Bonchev–Trinajstić information content (AvgIpc) is 2.40. The van der Waals surface area contributed by atoms with Crippen LogP contribution in [0.15, 0.2) is 18.2 Å². The summed E-state index contributed by atoms with van der Waals surface area (Å²) in [7, 11) is 0. The summed E-state index contributed by atoms with van der Waals surface area (Å²) >= 11 is 0. The number of pyridine rings is 1. The highest BCUT2D eigenvalue weighted by atomic mass is 16.2. The van der Waals surface area contributed by atoms with Crippen LogP contribution in [-0.4, -0.2) is 22.6 Å². The first-order valence-electron chi connectivity index (χ1n) is 6.63. The Morgan fingerprint density at radius 2 is 2.26 bits per heavy atom. The summed E-state index contributed by atoms with van der Waals surface area (Å²) in [5.74, 6) is 6.15. The fraction of sp³-hybridized carbons (Fsp3) is 0.467. The van der Waals surface area contributed by atoms with E-state index < -0.39 is 0 Å². The number of amides is 1. The predicted octanol–water partition coefficient (Wildman–Crippen LogP) is 2.33. The maximum Gasteiger partial charge on any atom is 0.225 e. The molecule has 0 aromatic carbocycles. The van der Waals surface area contributed by atoms with Gasteiger partial charge in [-0.1, -0.05) is 31.8 Å². The zero-order valence-corrected chi connectivity index (χ0v) is 11.3. The molecule has 1 aromatic heterocycles. The third-order valence-electron chi connectivity index (χ3n) is 2.48. The molecule has 1 amide bonds. The van der Waals surface area contributed by atoms with Crippen molar-refractivity contribution in [3.63, 3.8) is 0 Å². The molecule has 0 spiro atoms. The van der Waals surface area contributed by atoms with Gasteiger partial charge in [0.05, 0.1) is 6.61 Å². The number of nitrogens with one attached hydrogen (secondary N) is 1. The zero-order valence-electron chi connectivity index (χ0n) is 11.3. The van der Waals surface area contributed by atoms with Gasteiger partial charge in [-0.3, -0.25) is 4.79 Å². The molecule has 0 unspecified atom stereocenters. The van der Waals surface area contributed by atoms with E-state index in [0.717, 1.165) is 19.3 Å². The lowest BCUT2D eigenvalue weighted by molar-refractivity contribution is -0.116. The first-order valence-corrected chi connectivity index (χ1v) is 6.63. The van der Waals surface area contributed by atoms with Crippen LogP contribution in [0.5, 0.6) is 0 Å². The number of aromatic nitrogens is 1. The summed E-state index contributed by atoms with van der Waals surface area (Å²) in [5, 5.41) is 11.4. The van der Waals surface area contributed by atoms with E-state index in [0.29, 0.717) is 24.4 Å². The lowest BCUT2D eigenvalue weighted by Gasteiger charge is -2.04. The van der Waals surface area contributed by atoms with Gasteiger partial charge >= 0.3 is 0 Å². The van der Waals surface area contributed by atoms with Crippen molar-refractivity contribution >= 4 is 11.7 Å². The third-order valence-corrected chi connectivity index (χ3v) is 2.48. The molecule has 19 heavy (non-hydrogen) atoms. The van der Waals surface area contributed by atoms with Gasteiger partial charge in [0.2, 0.25) is 5.91 Å². The van der Waals surface area contributed by atoms with E-state index >= 15 is 0 Å². The van der Waals surface area contributed by atoms with Gasteiger partial charge < -0.3 is 10.4 Å². The van der Waals surface area contributed by atoms with E-state index in [4.69, 9.17) is 5.11 Å². The predicted molar refractivity (Wildman–Crippen MR) is 75.6 cm³/mol. The van der Waals surface area contributed by atoms with Crippen molar-refractivity contribution in [1.82, 2.24) is 4.98 Å². The number of unbranched alkanes of at least 4 members (excludes halogenated alkanes) is 2. The Morgan fingerprint density at radius 3 is 3.00 bits per heavy atom. The standard InChI is InChI=1S/C15H20N2O2/c1-2-3-4-11-15(19)17-14-10-7-9-13(16-14)8-5-6-12-18/h7,9-10,18H,2-4,6,11-12H2,1H3,(H,16,17,19). The van der Waals surface area contributed by atoms with E-state index in [9.17, 15) is 4.79 Å². The summed E-state index contributed by atoms with van der Waals surface area (Å²) in [6.45, 7) is 2.15. The minimum Gasteiger partial charge on any atom is -0.395 e. The molecule has 4 nitrogen and oxygen atoms in total.